The molecule has 0 bridgehead atoms. The van der Waals surface area contributed by atoms with Crippen LogP contribution in [0.5, 0.6) is 0 Å². The van der Waals surface area contributed by atoms with Gasteiger partial charge in [-0.1, -0.05) is 27.7 Å². The third kappa shape index (κ3) is 8.81. The van der Waals surface area contributed by atoms with E-state index in [-0.39, 0.29) is 78.5 Å². The van der Waals surface area contributed by atoms with E-state index in [2.05, 4.69) is 20.8 Å². The van der Waals surface area contributed by atoms with Gasteiger partial charge in [0, 0.05) is 36.9 Å². The van der Waals surface area contributed by atoms with Crippen molar-refractivity contribution in [3.63, 3.8) is 0 Å². The van der Waals surface area contributed by atoms with Crippen LogP contribution in [0.15, 0.2) is 0 Å². The van der Waals surface area contributed by atoms with Crippen LogP contribution in [0, 0.1) is 58.2 Å². The number of carbonyl (C=O) groups is 1. The maximum absolute atomic E-state index is 14.7. The second kappa shape index (κ2) is 19.6. The molecule has 374 valence electrons. The van der Waals surface area contributed by atoms with Crippen molar-refractivity contribution in [1.82, 2.24) is 0 Å². The van der Waals surface area contributed by atoms with Gasteiger partial charge in [-0.25, -0.2) is 0 Å². The molecule has 8 fully saturated rings. The van der Waals surface area contributed by atoms with Gasteiger partial charge in [0.1, 0.15) is 66.8 Å². The van der Waals surface area contributed by atoms with Gasteiger partial charge in [-0.15, -0.1) is 0 Å². The maximum atomic E-state index is 14.7. The highest BCUT2D eigenvalue weighted by Gasteiger charge is 2.69. The fourth-order valence-corrected chi connectivity index (χ4v) is 14.5. The van der Waals surface area contributed by atoms with Crippen molar-refractivity contribution in [2.45, 2.75) is 196 Å². The molecular weight excluding hydrogens is 856 g/mol. The van der Waals surface area contributed by atoms with E-state index in [1.54, 1.807) is 0 Å². The van der Waals surface area contributed by atoms with Gasteiger partial charge < -0.3 is 89.7 Å². The van der Waals surface area contributed by atoms with E-state index in [0.29, 0.717) is 31.6 Å². The highest BCUT2D eigenvalue weighted by Crippen LogP contribution is 2.69. The Morgan fingerprint density at radius 1 is 0.723 bits per heavy atom. The Bertz CT molecular complexity index is 1620. The lowest BCUT2D eigenvalue weighted by Gasteiger charge is -2.60. The third-order valence-corrected chi connectivity index (χ3v) is 18.2. The van der Waals surface area contributed by atoms with Crippen molar-refractivity contribution in [1.29, 1.82) is 0 Å². The molecule has 0 aromatic heterocycles. The SMILES string of the molecule is CC(COC1CC(CO)C(O)C(O)C1O)CC(O)C1OC2CC3C4CCC5CC(OC6OC(CO)C(O)C(O)C6OC6OC(CO)C(O)C(O)C6O)CCC5(C)C4CC(=O)C3(C)C2C1C. The molecule has 65 heavy (non-hydrogen) atoms. The summed E-state index contributed by atoms with van der Waals surface area (Å²) < 4.78 is 36.6. The summed E-state index contributed by atoms with van der Waals surface area (Å²) >= 11 is 0. The van der Waals surface area contributed by atoms with Crippen LogP contribution in [0.2, 0.25) is 0 Å². The summed E-state index contributed by atoms with van der Waals surface area (Å²) in [6.07, 6.45) is -16.4. The molecule has 3 saturated heterocycles. The van der Waals surface area contributed by atoms with Crippen LogP contribution < -0.4 is 0 Å². The Kier molecular flexibility index (Phi) is 15.2. The number of hydrogen-bond acceptors (Lipinski definition) is 19. The number of aliphatic hydroxyl groups is 12. The molecule has 5 saturated carbocycles. The first-order chi connectivity index (χ1) is 30.8. The molecule has 3 heterocycles. The van der Waals surface area contributed by atoms with Crippen molar-refractivity contribution in [3.05, 3.63) is 0 Å². The van der Waals surface area contributed by atoms with Gasteiger partial charge in [0.05, 0.1) is 49.8 Å². The van der Waals surface area contributed by atoms with Crippen LogP contribution in [0.4, 0.5) is 0 Å². The van der Waals surface area contributed by atoms with Crippen LogP contribution in [-0.2, 0) is 33.2 Å². The van der Waals surface area contributed by atoms with E-state index in [9.17, 15) is 66.1 Å². The number of ether oxygens (including phenoxy) is 6. The van der Waals surface area contributed by atoms with Crippen molar-refractivity contribution in [2.75, 3.05) is 26.4 Å². The van der Waals surface area contributed by atoms with E-state index in [1.165, 1.54) is 0 Å². The van der Waals surface area contributed by atoms with E-state index in [4.69, 9.17) is 28.4 Å². The van der Waals surface area contributed by atoms with Crippen molar-refractivity contribution < 1.29 is 94.5 Å². The van der Waals surface area contributed by atoms with E-state index < -0.39 is 123 Å². The van der Waals surface area contributed by atoms with E-state index >= 15 is 0 Å². The number of hydrogen-bond donors (Lipinski definition) is 12. The zero-order chi connectivity index (χ0) is 47.0. The summed E-state index contributed by atoms with van der Waals surface area (Å²) in [6.45, 7) is 6.96. The molecule has 12 N–H and O–H groups in total. The number of aliphatic hydroxyl groups excluding tert-OH is 12. The van der Waals surface area contributed by atoms with E-state index in [1.807, 2.05) is 6.92 Å². The first-order valence-corrected chi connectivity index (χ1v) is 24.2. The number of ketones is 1. The largest absolute Gasteiger partial charge is 0.396 e. The molecule has 0 spiro atoms. The van der Waals surface area contributed by atoms with Gasteiger partial charge in [-0.3, -0.25) is 4.79 Å². The summed E-state index contributed by atoms with van der Waals surface area (Å²) in [6, 6.07) is 0. The quantitative estimate of drug-likeness (QED) is 0.0866. The first-order valence-electron chi connectivity index (χ1n) is 24.2. The number of Topliss-reactive ketones (excluding diaryl/α,β-unsaturated/α-hetero) is 1. The first kappa shape index (κ1) is 50.3. The lowest BCUT2D eigenvalue weighted by Crippen LogP contribution is -2.65. The minimum atomic E-state index is -1.78. The minimum absolute atomic E-state index is 0.0483. The molecule has 0 amide bonds. The Balaban J connectivity index is 0.885. The van der Waals surface area contributed by atoms with Gasteiger partial charge in [-0.05, 0) is 92.3 Å². The van der Waals surface area contributed by atoms with Gasteiger partial charge in [0.15, 0.2) is 12.6 Å². The van der Waals surface area contributed by atoms with Crippen LogP contribution in [0.3, 0.4) is 0 Å². The second-order valence-corrected chi connectivity index (χ2v) is 21.8. The Morgan fingerprint density at radius 2 is 1.38 bits per heavy atom. The minimum Gasteiger partial charge on any atom is -0.396 e. The van der Waals surface area contributed by atoms with Gasteiger partial charge in [-0.2, -0.15) is 0 Å². The maximum Gasteiger partial charge on any atom is 0.187 e. The Labute approximate surface area is 379 Å². The van der Waals surface area contributed by atoms with Crippen LogP contribution in [0.25, 0.3) is 0 Å². The summed E-state index contributed by atoms with van der Waals surface area (Å²) in [7, 11) is 0. The highest BCUT2D eigenvalue weighted by atomic mass is 16.8. The third-order valence-electron chi connectivity index (χ3n) is 18.2. The van der Waals surface area contributed by atoms with Crippen molar-refractivity contribution in [2.24, 2.45) is 58.2 Å². The molecule has 28 unspecified atom stereocenters. The molecule has 19 heteroatoms. The van der Waals surface area contributed by atoms with E-state index in [0.717, 1.165) is 25.7 Å². The molecule has 19 nitrogen and oxygen atoms in total. The van der Waals surface area contributed by atoms with Crippen molar-refractivity contribution in [3.8, 4) is 0 Å². The monoisotopic (exact) mass is 932 g/mol. The van der Waals surface area contributed by atoms with Gasteiger partial charge in [0.25, 0.3) is 0 Å². The topological polar surface area (TPSA) is 315 Å². The second-order valence-electron chi connectivity index (χ2n) is 21.8. The van der Waals surface area contributed by atoms with Gasteiger partial charge in [0.2, 0.25) is 0 Å². The molecule has 8 rings (SSSR count). The zero-order valence-corrected chi connectivity index (χ0v) is 37.9. The molecule has 3 aliphatic heterocycles. The standard InChI is InChI=1S/C46H76O19/c1-18(17-60-28-10-20(14-47)33(52)37(56)34(28)53)9-26(50)41-19(2)32-27(62-41)12-25-23-6-5-21-11-22(7-8-45(21,3)24(23)13-31(51)46(25,32)4)61-44-42(39(58)36(55)30(16-49)64-44)65-43-40(59)38(57)35(54)29(15-48)63-43/h18-30,32-44,47-50,52-59H,5-17H2,1-4H3. The summed E-state index contributed by atoms with van der Waals surface area (Å²) in [4.78, 5) is 14.7. The predicted molar refractivity (Wildman–Crippen MR) is 223 cm³/mol. The normalized spacial score (nSPS) is 54.3. The number of fused-ring (bicyclic) bond motifs is 7. The van der Waals surface area contributed by atoms with Crippen LogP contribution in [0.1, 0.15) is 85.5 Å². The summed E-state index contributed by atoms with van der Waals surface area (Å²) in [5, 5.41) is 125. The molecule has 0 radical (unpaired) electrons. The van der Waals surface area contributed by atoms with Crippen LogP contribution in [-0.4, -0.2) is 204 Å². The molecule has 8 aliphatic rings. The number of carbonyl (C=O) groups excluding carboxylic acids is 1. The van der Waals surface area contributed by atoms with Gasteiger partial charge >= 0.3 is 0 Å². The number of rotatable bonds is 13. The van der Waals surface area contributed by atoms with Crippen molar-refractivity contribution >= 4 is 5.78 Å². The predicted octanol–water partition coefficient (Wildman–Crippen LogP) is -2.29. The average molecular weight is 933 g/mol. The fourth-order valence-electron chi connectivity index (χ4n) is 14.5. The lowest BCUT2D eigenvalue weighted by atomic mass is 9.44. The molecular formula is C46H76O19. The Morgan fingerprint density at radius 3 is 2.06 bits per heavy atom. The zero-order valence-electron chi connectivity index (χ0n) is 37.9. The highest BCUT2D eigenvalue weighted by molar-refractivity contribution is 5.87. The Hall–Kier alpha value is -1.05. The molecule has 5 aliphatic carbocycles. The summed E-state index contributed by atoms with van der Waals surface area (Å²) in [5.41, 5.74) is -0.777. The average Bonchev–Trinajstić information content (AvgIpc) is 3.79. The summed E-state index contributed by atoms with van der Waals surface area (Å²) in [5.74, 6) is 0.123. The lowest BCUT2D eigenvalue weighted by molar-refractivity contribution is -0.373. The van der Waals surface area contributed by atoms with Crippen LogP contribution >= 0.6 is 0 Å². The molecule has 28 atom stereocenters. The molecule has 0 aromatic carbocycles. The molecule has 0 aromatic rings. The smallest absolute Gasteiger partial charge is 0.187 e. The fraction of sp³-hybridized carbons (Fsp3) is 0.978.